The van der Waals surface area contributed by atoms with E-state index in [0.29, 0.717) is 54.0 Å². The first-order valence-corrected chi connectivity index (χ1v) is 11.5. The Kier molecular flexibility index (Phi) is 6.52. The van der Waals surface area contributed by atoms with E-state index in [1.165, 1.54) is 10.9 Å². The summed E-state index contributed by atoms with van der Waals surface area (Å²) in [6, 6.07) is 20.8. The number of carbonyl (C=O) groups is 1. The van der Waals surface area contributed by atoms with Gasteiger partial charge in [0.15, 0.2) is 11.5 Å². The predicted octanol–water partition coefficient (Wildman–Crippen LogP) is 4.74. The molecular weight excluding hydrogens is 444 g/mol. The number of aromatic nitrogens is 1. The van der Waals surface area contributed by atoms with Gasteiger partial charge in [-0.3, -0.25) is 15.1 Å². The average molecular weight is 471 g/mol. The quantitative estimate of drug-likeness (QED) is 0.268. The number of amides is 1. The Morgan fingerprint density at radius 1 is 1.06 bits per heavy atom. The van der Waals surface area contributed by atoms with Crippen molar-refractivity contribution < 1.29 is 19.0 Å². The number of guanidine groups is 1. The van der Waals surface area contributed by atoms with E-state index >= 15 is 0 Å². The number of aromatic amines is 1. The highest BCUT2D eigenvalue weighted by molar-refractivity contribution is 6.10. The van der Waals surface area contributed by atoms with Crippen LogP contribution in [-0.4, -0.2) is 36.8 Å². The molecule has 0 saturated heterocycles. The Balaban J connectivity index is 1.36. The summed E-state index contributed by atoms with van der Waals surface area (Å²) in [5.74, 6) is 1.87. The van der Waals surface area contributed by atoms with Gasteiger partial charge >= 0.3 is 0 Å². The largest absolute Gasteiger partial charge is 0.492 e. The van der Waals surface area contributed by atoms with Crippen LogP contribution in [0.2, 0.25) is 0 Å². The second-order valence-corrected chi connectivity index (χ2v) is 7.92. The van der Waals surface area contributed by atoms with E-state index < -0.39 is 0 Å². The summed E-state index contributed by atoms with van der Waals surface area (Å²) in [7, 11) is 0. The molecule has 1 aliphatic heterocycles. The molecular formula is C27H26N4O4. The van der Waals surface area contributed by atoms with Gasteiger partial charge in [-0.25, -0.2) is 0 Å². The number of fused-ring (bicyclic) bond motifs is 2. The van der Waals surface area contributed by atoms with E-state index in [1.807, 2.05) is 55.6 Å². The summed E-state index contributed by atoms with van der Waals surface area (Å²) >= 11 is 0. The van der Waals surface area contributed by atoms with Crippen LogP contribution < -0.4 is 24.8 Å². The van der Waals surface area contributed by atoms with Crippen molar-refractivity contribution in [2.75, 3.05) is 25.3 Å². The van der Waals surface area contributed by atoms with E-state index in [0.717, 1.165) is 5.52 Å². The maximum absolute atomic E-state index is 13.1. The third-order valence-electron chi connectivity index (χ3n) is 5.63. The fourth-order valence-corrected chi connectivity index (χ4v) is 3.93. The number of hydrogen-bond donors (Lipinski definition) is 3. The average Bonchev–Trinajstić information content (AvgIpc) is 3.52. The summed E-state index contributed by atoms with van der Waals surface area (Å²) in [5, 5.41) is 7.30. The molecule has 8 nitrogen and oxygen atoms in total. The zero-order valence-corrected chi connectivity index (χ0v) is 19.3. The molecule has 4 aromatic rings. The molecule has 1 aromatic heterocycles. The maximum Gasteiger partial charge on any atom is 0.258 e. The van der Waals surface area contributed by atoms with Crippen LogP contribution in [-0.2, 0) is 6.42 Å². The summed E-state index contributed by atoms with van der Waals surface area (Å²) in [5.41, 5.74) is 3.41. The number of carbonyl (C=O) groups excluding carboxylic acids is 1. The number of hydrogen-bond acceptors (Lipinski definition) is 5. The summed E-state index contributed by atoms with van der Waals surface area (Å²) in [6.07, 6.45) is 2.71. The number of rotatable bonds is 7. The van der Waals surface area contributed by atoms with E-state index in [-0.39, 0.29) is 12.7 Å². The molecule has 0 bridgehead atoms. The van der Waals surface area contributed by atoms with Gasteiger partial charge in [-0.2, -0.15) is 0 Å². The molecule has 0 atom stereocenters. The predicted molar refractivity (Wildman–Crippen MR) is 136 cm³/mol. The first kappa shape index (κ1) is 22.3. The normalized spacial score (nSPS) is 12.5. The van der Waals surface area contributed by atoms with E-state index in [2.05, 4.69) is 26.7 Å². The Morgan fingerprint density at radius 2 is 1.89 bits per heavy atom. The van der Waals surface area contributed by atoms with Crippen LogP contribution >= 0.6 is 0 Å². The molecule has 3 aromatic carbocycles. The Labute approximate surface area is 202 Å². The molecule has 0 aliphatic carbocycles. The van der Waals surface area contributed by atoms with Crippen LogP contribution in [0.5, 0.6) is 17.2 Å². The SMILES string of the molecule is CCOc1ccccc1NC(=NCCc1c[nH]c2ccccc12)NC(=O)c1ccc2c(c1)OCO2. The third kappa shape index (κ3) is 5.06. The summed E-state index contributed by atoms with van der Waals surface area (Å²) < 4.78 is 16.5. The Hall–Kier alpha value is -4.46. The lowest BCUT2D eigenvalue weighted by atomic mass is 10.1. The summed E-state index contributed by atoms with van der Waals surface area (Å²) in [4.78, 5) is 21.0. The van der Waals surface area contributed by atoms with Crippen LogP contribution in [0, 0.1) is 0 Å². The zero-order chi connectivity index (χ0) is 24.0. The van der Waals surface area contributed by atoms with E-state index in [9.17, 15) is 4.79 Å². The highest BCUT2D eigenvalue weighted by Gasteiger charge is 2.18. The fourth-order valence-electron chi connectivity index (χ4n) is 3.93. The lowest BCUT2D eigenvalue weighted by molar-refractivity contribution is 0.0976. The number of nitrogens with zero attached hydrogens (tertiary/aromatic N) is 1. The van der Waals surface area contributed by atoms with Crippen molar-refractivity contribution in [3.05, 3.63) is 84.1 Å². The monoisotopic (exact) mass is 470 g/mol. The maximum atomic E-state index is 13.1. The minimum Gasteiger partial charge on any atom is -0.492 e. The topological polar surface area (TPSA) is 97.0 Å². The minimum absolute atomic E-state index is 0.150. The molecule has 3 N–H and O–H groups in total. The van der Waals surface area contributed by atoms with Crippen molar-refractivity contribution >= 4 is 28.5 Å². The molecule has 0 radical (unpaired) electrons. The van der Waals surface area contributed by atoms with Crippen molar-refractivity contribution in [1.82, 2.24) is 10.3 Å². The van der Waals surface area contributed by atoms with E-state index in [1.54, 1.807) is 18.2 Å². The third-order valence-corrected chi connectivity index (χ3v) is 5.63. The van der Waals surface area contributed by atoms with Gasteiger partial charge in [0.05, 0.1) is 12.3 Å². The molecule has 8 heteroatoms. The van der Waals surface area contributed by atoms with Gasteiger partial charge in [0.25, 0.3) is 5.91 Å². The van der Waals surface area contributed by atoms with Gasteiger partial charge in [0.1, 0.15) is 5.75 Å². The highest BCUT2D eigenvalue weighted by Crippen LogP contribution is 2.32. The van der Waals surface area contributed by atoms with Crippen LogP contribution in [0.4, 0.5) is 5.69 Å². The molecule has 178 valence electrons. The van der Waals surface area contributed by atoms with Crippen LogP contribution in [0.3, 0.4) is 0 Å². The van der Waals surface area contributed by atoms with Crippen LogP contribution in [0.1, 0.15) is 22.8 Å². The number of ether oxygens (including phenoxy) is 3. The molecule has 0 fully saturated rings. The fraction of sp³-hybridized carbons (Fsp3) is 0.185. The van der Waals surface area contributed by atoms with Crippen molar-refractivity contribution in [3.63, 3.8) is 0 Å². The number of benzene rings is 3. The minimum atomic E-state index is -0.310. The van der Waals surface area contributed by atoms with Crippen LogP contribution in [0.25, 0.3) is 10.9 Å². The molecule has 1 aliphatic rings. The molecule has 0 saturated carbocycles. The summed E-state index contributed by atoms with van der Waals surface area (Å²) in [6.45, 7) is 3.07. The standard InChI is InChI=1S/C27H26N4O4/c1-2-33-23-10-6-5-9-22(23)30-27(28-14-13-19-16-29-21-8-4-3-7-20(19)21)31-26(32)18-11-12-24-25(15-18)35-17-34-24/h3-12,15-16,29H,2,13-14,17H2,1H3,(H2,28,30,31,32). The Morgan fingerprint density at radius 3 is 2.80 bits per heavy atom. The smallest absolute Gasteiger partial charge is 0.258 e. The van der Waals surface area contributed by atoms with Gasteiger partial charge in [-0.1, -0.05) is 30.3 Å². The molecule has 5 rings (SSSR count). The molecule has 2 heterocycles. The van der Waals surface area contributed by atoms with Crippen molar-refractivity contribution in [1.29, 1.82) is 0 Å². The van der Waals surface area contributed by atoms with Gasteiger partial charge in [0.2, 0.25) is 12.8 Å². The first-order valence-electron chi connectivity index (χ1n) is 11.5. The second-order valence-electron chi connectivity index (χ2n) is 7.92. The molecule has 0 spiro atoms. The highest BCUT2D eigenvalue weighted by atomic mass is 16.7. The van der Waals surface area contributed by atoms with Crippen molar-refractivity contribution in [2.24, 2.45) is 4.99 Å². The zero-order valence-electron chi connectivity index (χ0n) is 19.3. The van der Waals surface area contributed by atoms with Crippen molar-refractivity contribution in [3.8, 4) is 17.2 Å². The number of H-pyrrole nitrogens is 1. The number of nitrogens with one attached hydrogen (secondary N) is 3. The first-order chi connectivity index (χ1) is 17.2. The van der Waals surface area contributed by atoms with Gasteiger partial charge in [-0.15, -0.1) is 0 Å². The molecule has 1 amide bonds. The van der Waals surface area contributed by atoms with Crippen molar-refractivity contribution in [2.45, 2.75) is 13.3 Å². The second kappa shape index (κ2) is 10.2. The molecule has 0 unspecified atom stereocenters. The van der Waals surface area contributed by atoms with Crippen LogP contribution in [0.15, 0.2) is 77.9 Å². The number of para-hydroxylation sites is 3. The van der Waals surface area contributed by atoms with Gasteiger partial charge < -0.3 is 24.5 Å². The van der Waals surface area contributed by atoms with E-state index in [4.69, 9.17) is 14.2 Å². The lowest BCUT2D eigenvalue weighted by Crippen LogP contribution is -2.36. The lowest BCUT2D eigenvalue weighted by Gasteiger charge is -2.15. The number of anilines is 1. The van der Waals surface area contributed by atoms with Gasteiger partial charge in [-0.05, 0) is 55.3 Å². The number of aliphatic imine (C=N–C) groups is 1. The molecule has 35 heavy (non-hydrogen) atoms. The van der Waals surface area contributed by atoms with Gasteiger partial charge in [0, 0.05) is 29.2 Å². The Bertz CT molecular complexity index is 1380.